The standard InChI is InChI=1S/C17H20N2O2/c18-17(21)15-9-7-13(8-10-15)6-3-11-19-16(20)12-14-4-1-2-5-14/h7-10,14H,1-2,4-5,11-12H2,(H2,18,21)(H,19,20). The lowest BCUT2D eigenvalue weighted by molar-refractivity contribution is -0.121. The van der Waals surface area contributed by atoms with Gasteiger partial charge in [-0.15, -0.1) is 0 Å². The van der Waals surface area contributed by atoms with E-state index in [2.05, 4.69) is 17.2 Å². The van der Waals surface area contributed by atoms with Gasteiger partial charge in [0.25, 0.3) is 0 Å². The summed E-state index contributed by atoms with van der Waals surface area (Å²) in [6.07, 6.45) is 5.46. The zero-order chi connectivity index (χ0) is 15.1. The quantitative estimate of drug-likeness (QED) is 0.828. The van der Waals surface area contributed by atoms with Crippen molar-refractivity contribution >= 4 is 11.8 Å². The van der Waals surface area contributed by atoms with Gasteiger partial charge in [0.05, 0.1) is 6.54 Å². The summed E-state index contributed by atoms with van der Waals surface area (Å²) >= 11 is 0. The average molecular weight is 284 g/mol. The number of nitrogens with two attached hydrogens (primary N) is 1. The molecule has 0 heterocycles. The van der Waals surface area contributed by atoms with Crippen LogP contribution in [0.3, 0.4) is 0 Å². The van der Waals surface area contributed by atoms with Crippen LogP contribution < -0.4 is 11.1 Å². The Hall–Kier alpha value is -2.28. The zero-order valence-corrected chi connectivity index (χ0v) is 12.0. The van der Waals surface area contributed by atoms with Gasteiger partial charge in [-0.05, 0) is 43.0 Å². The minimum Gasteiger partial charge on any atom is -0.366 e. The van der Waals surface area contributed by atoms with Crippen LogP contribution in [0.4, 0.5) is 0 Å². The summed E-state index contributed by atoms with van der Waals surface area (Å²) in [7, 11) is 0. The third-order valence-corrected chi connectivity index (χ3v) is 3.72. The molecule has 2 amide bonds. The van der Waals surface area contributed by atoms with Crippen molar-refractivity contribution in [2.75, 3.05) is 6.54 Å². The predicted molar refractivity (Wildman–Crippen MR) is 81.4 cm³/mol. The molecule has 1 aliphatic carbocycles. The second-order valence-corrected chi connectivity index (χ2v) is 5.37. The van der Waals surface area contributed by atoms with Gasteiger partial charge in [-0.25, -0.2) is 0 Å². The lowest BCUT2D eigenvalue weighted by Gasteiger charge is -2.07. The molecule has 0 bridgehead atoms. The summed E-state index contributed by atoms with van der Waals surface area (Å²) in [5, 5.41) is 2.82. The van der Waals surface area contributed by atoms with Crippen molar-refractivity contribution in [3.05, 3.63) is 35.4 Å². The molecular formula is C17H20N2O2. The molecule has 4 nitrogen and oxygen atoms in total. The van der Waals surface area contributed by atoms with E-state index in [9.17, 15) is 9.59 Å². The van der Waals surface area contributed by atoms with Gasteiger partial charge < -0.3 is 11.1 Å². The molecule has 0 unspecified atom stereocenters. The van der Waals surface area contributed by atoms with Crippen LogP contribution in [-0.2, 0) is 4.79 Å². The molecule has 1 aromatic rings. The highest BCUT2D eigenvalue weighted by Crippen LogP contribution is 2.27. The number of hydrogen-bond donors (Lipinski definition) is 2. The van der Waals surface area contributed by atoms with Gasteiger partial charge in [-0.1, -0.05) is 24.7 Å². The average Bonchev–Trinajstić information content (AvgIpc) is 2.97. The summed E-state index contributed by atoms with van der Waals surface area (Å²) in [6, 6.07) is 6.77. The third kappa shape index (κ3) is 4.96. The summed E-state index contributed by atoms with van der Waals surface area (Å²) in [4.78, 5) is 22.6. The summed E-state index contributed by atoms with van der Waals surface area (Å²) in [5.74, 6) is 6.04. The topological polar surface area (TPSA) is 72.2 Å². The normalized spacial score (nSPS) is 14.3. The molecule has 0 aromatic heterocycles. The van der Waals surface area contributed by atoms with Gasteiger partial charge >= 0.3 is 0 Å². The molecule has 110 valence electrons. The van der Waals surface area contributed by atoms with E-state index in [1.165, 1.54) is 25.7 Å². The number of hydrogen-bond acceptors (Lipinski definition) is 2. The maximum Gasteiger partial charge on any atom is 0.248 e. The van der Waals surface area contributed by atoms with E-state index < -0.39 is 5.91 Å². The Labute approximate surface area is 125 Å². The summed E-state index contributed by atoms with van der Waals surface area (Å²) in [5.41, 5.74) is 6.42. The highest BCUT2D eigenvalue weighted by atomic mass is 16.1. The molecule has 0 atom stereocenters. The Kier molecular flexibility index (Phi) is 5.39. The minimum atomic E-state index is -0.450. The third-order valence-electron chi connectivity index (χ3n) is 3.72. The first-order valence-corrected chi connectivity index (χ1v) is 7.30. The maximum absolute atomic E-state index is 11.7. The van der Waals surface area contributed by atoms with Crippen LogP contribution in [0.1, 0.15) is 48.0 Å². The van der Waals surface area contributed by atoms with Crippen LogP contribution in [0, 0.1) is 17.8 Å². The number of amides is 2. The fourth-order valence-electron chi connectivity index (χ4n) is 2.56. The zero-order valence-electron chi connectivity index (χ0n) is 12.0. The largest absolute Gasteiger partial charge is 0.366 e. The van der Waals surface area contributed by atoms with Gasteiger partial charge in [-0.2, -0.15) is 0 Å². The van der Waals surface area contributed by atoms with Crippen LogP contribution in [-0.4, -0.2) is 18.4 Å². The van der Waals surface area contributed by atoms with E-state index in [0.29, 0.717) is 24.4 Å². The van der Waals surface area contributed by atoms with Crippen molar-refractivity contribution in [3.63, 3.8) is 0 Å². The molecule has 4 heteroatoms. The van der Waals surface area contributed by atoms with Crippen LogP contribution >= 0.6 is 0 Å². The van der Waals surface area contributed by atoms with Crippen molar-refractivity contribution < 1.29 is 9.59 Å². The molecule has 1 saturated carbocycles. The second-order valence-electron chi connectivity index (χ2n) is 5.37. The second kappa shape index (κ2) is 7.49. The molecule has 0 spiro atoms. The summed E-state index contributed by atoms with van der Waals surface area (Å²) in [6.45, 7) is 0.350. The van der Waals surface area contributed by atoms with Gasteiger partial charge in [0.2, 0.25) is 11.8 Å². The van der Waals surface area contributed by atoms with Gasteiger partial charge in [0, 0.05) is 17.5 Å². The van der Waals surface area contributed by atoms with E-state index >= 15 is 0 Å². The van der Waals surface area contributed by atoms with Gasteiger partial charge in [0.15, 0.2) is 0 Å². The first-order valence-electron chi connectivity index (χ1n) is 7.30. The number of primary amides is 1. The van der Waals surface area contributed by atoms with Crippen LogP contribution in [0.15, 0.2) is 24.3 Å². The highest BCUT2D eigenvalue weighted by Gasteiger charge is 2.17. The molecule has 3 N–H and O–H groups in total. The molecule has 1 fully saturated rings. The first-order chi connectivity index (χ1) is 10.1. The van der Waals surface area contributed by atoms with Crippen LogP contribution in [0.2, 0.25) is 0 Å². The molecule has 1 aliphatic rings. The Balaban J connectivity index is 1.75. The van der Waals surface area contributed by atoms with E-state index in [0.717, 1.165) is 5.56 Å². The monoisotopic (exact) mass is 284 g/mol. The van der Waals surface area contributed by atoms with Crippen molar-refractivity contribution in [3.8, 4) is 11.8 Å². The van der Waals surface area contributed by atoms with Crippen molar-refractivity contribution in [2.45, 2.75) is 32.1 Å². The smallest absolute Gasteiger partial charge is 0.248 e. The Morgan fingerprint density at radius 3 is 2.48 bits per heavy atom. The lowest BCUT2D eigenvalue weighted by Crippen LogP contribution is -2.25. The van der Waals surface area contributed by atoms with Crippen LogP contribution in [0.5, 0.6) is 0 Å². The molecular weight excluding hydrogens is 264 g/mol. The molecule has 0 radical (unpaired) electrons. The van der Waals surface area contributed by atoms with E-state index in [-0.39, 0.29) is 5.91 Å². The maximum atomic E-state index is 11.7. The fourth-order valence-corrected chi connectivity index (χ4v) is 2.56. The van der Waals surface area contributed by atoms with Gasteiger partial charge in [-0.3, -0.25) is 9.59 Å². The molecule has 1 aromatic carbocycles. The SMILES string of the molecule is NC(=O)c1ccc(C#CCNC(=O)CC2CCCC2)cc1. The fraction of sp³-hybridized carbons (Fsp3) is 0.412. The minimum absolute atomic E-state index is 0.0836. The number of rotatable bonds is 4. The van der Waals surface area contributed by atoms with E-state index in [1.54, 1.807) is 24.3 Å². The number of nitrogens with one attached hydrogen (secondary N) is 1. The molecule has 0 aliphatic heterocycles. The Bertz CT molecular complexity index is 561. The lowest BCUT2D eigenvalue weighted by atomic mass is 10.0. The number of carbonyl (C=O) groups excluding carboxylic acids is 2. The molecule has 0 saturated heterocycles. The number of carbonyl (C=O) groups is 2. The highest BCUT2D eigenvalue weighted by molar-refractivity contribution is 5.92. The predicted octanol–water partition coefficient (Wildman–Crippen LogP) is 1.83. The van der Waals surface area contributed by atoms with Crippen molar-refractivity contribution in [2.24, 2.45) is 11.7 Å². The van der Waals surface area contributed by atoms with Crippen LogP contribution in [0.25, 0.3) is 0 Å². The summed E-state index contributed by atoms with van der Waals surface area (Å²) < 4.78 is 0. The van der Waals surface area contributed by atoms with Crippen molar-refractivity contribution in [1.82, 2.24) is 5.32 Å². The Morgan fingerprint density at radius 2 is 1.86 bits per heavy atom. The molecule has 21 heavy (non-hydrogen) atoms. The van der Waals surface area contributed by atoms with Crippen molar-refractivity contribution in [1.29, 1.82) is 0 Å². The number of benzene rings is 1. The Morgan fingerprint density at radius 1 is 1.19 bits per heavy atom. The first kappa shape index (κ1) is 15.1. The van der Waals surface area contributed by atoms with E-state index in [4.69, 9.17) is 5.73 Å². The van der Waals surface area contributed by atoms with E-state index in [1.807, 2.05) is 0 Å². The van der Waals surface area contributed by atoms with Gasteiger partial charge in [0.1, 0.15) is 0 Å². The molecule has 2 rings (SSSR count).